The lowest BCUT2D eigenvalue weighted by Gasteiger charge is -2.41. The van der Waals surface area contributed by atoms with Crippen molar-refractivity contribution in [1.29, 1.82) is 5.26 Å². The number of carbonyl (C=O) groups excluding carboxylic acids is 1. The molecule has 2 aromatic carbocycles. The predicted octanol–water partition coefficient (Wildman–Crippen LogP) is 4.11. The second-order valence-corrected chi connectivity index (χ2v) is 7.02. The van der Waals surface area contributed by atoms with Crippen molar-refractivity contribution in [3.05, 3.63) is 75.1 Å². The first-order chi connectivity index (χ1) is 12.5. The second kappa shape index (κ2) is 6.24. The molecule has 1 amide bonds. The summed E-state index contributed by atoms with van der Waals surface area (Å²) in [5.74, 6) is -1.54. The molecule has 0 radical (unpaired) electrons. The maximum absolute atomic E-state index is 12.9. The molecule has 0 aromatic heterocycles. The van der Waals surface area contributed by atoms with E-state index in [-0.39, 0.29) is 17.4 Å². The number of nitriles is 1. The van der Waals surface area contributed by atoms with Gasteiger partial charge in [0.25, 0.3) is 0 Å². The van der Waals surface area contributed by atoms with Gasteiger partial charge in [0.15, 0.2) is 5.88 Å². The first-order valence-corrected chi connectivity index (χ1v) is 8.68. The fourth-order valence-electron chi connectivity index (χ4n) is 3.63. The maximum atomic E-state index is 12.9. The normalized spacial score (nSPS) is 24.0. The number of amides is 1. The Morgan fingerprint density at radius 2 is 1.92 bits per heavy atom. The van der Waals surface area contributed by atoms with Gasteiger partial charge in [-0.2, -0.15) is 5.26 Å². The van der Waals surface area contributed by atoms with Crippen molar-refractivity contribution in [1.82, 2.24) is 0 Å². The summed E-state index contributed by atoms with van der Waals surface area (Å²) < 4.78 is 5.81. The third kappa shape index (κ3) is 2.50. The highest BCUT2D eigenvalue weighted by Crippen LogP contribution is 2.51. The summed E-state index contributed by atoms with van der Waals surface area (Å²) in [6.45, 7) is 0. The molecule has 130 valence electrons. The molecular weight excluding hydrogens is 373 g/mol. The number of nitrogens with two attached hydrogens (primary N) is 1. The number of para-hydroxylation sites is 1. The lowest BCUT2D eigenvalue weighted by molar-refractivity contribution is -0.126. The van der Waals surface area contributed by atoms with Crippen LogP contribution in [0.2, 0.25) is 10.0 Å². The van der Waals surface area contributed by atoms with Crippen LogP contribution < -0.4 is 11.1 Å². The van der Waals surface area contributed by atoms with Crippen LogP contribution in [0.4, 0.5) is 5.69 Å². The fraction of sp³-hybridized carbons (Fsp3) is 0.158. The zero-order valence-electron chi connectivity index (χ0n) is 13.4. The van der Waals surface area contributed by atoms with Crippen LogP contribution in [0.5, 0.6) is 0 Å². The van der Waals surface area contributed by atoms with E-state index < -0.39 is 17.9 Å². The number of fused-ring (bicyclic) bond motifs is 3. The molecule has 2 heterocycles. The Morgan fingerprint density at radius 1 is 1.15 bits per heavy atom. The summed E-state index contributed by atoms with van der Waals surface area (Å²) >= 11 is 12.4. The van der Waals surface area contributed by atoms with E-state index in [0.29, 0.717) is 21.3 Å². The minimum absolute atomic E-state index is 0.00858. The van der Waals surface area contributed by atoms with E-state index in [1.807, 2.05) is 18.2 Å². The van der Waals surface area contributed by atoms with Gasteiger partial charge in [-0.3, -0.25) is 4.79 Å². The topological polar surface area (TPSA) is 88.1 Å². The van der Waals surface area contributed by atoms with Gasteiger partial charge in [-0.25, -0.2) is 0 Å². The van der Waals surface area contributed by atoms with Gasteiger partial charge in [0.05, 0.1) is 11.5 Å². The van der Waals surface area contributed by atoms with Gasteiger partial charge >= 0.3 is 0 Å². The summed E-state index contributed by atoms with van der Waals surface area (Å²) in [5.41, 5.74) is 8.33. The molecule has 5 nitrogen and oxygen atoms in total. The molecule has 3 N–H and O–H groups in total. The van der Waals surface area contributed by atoms with Gasteiger partial charge in [-0.15, -0.1) is 0 Å². The van der Waals surface area contributed by atoms with Crippen molar-refractivity contribution < 1.29 is 9.53 Å². The first kappa shape index (κ1) is 16.8. The van der Waals surface area contributed by atoms with Crippen LogP contribution >= 0.6 is 23.2 Å². The third-order valence-electron chi connectivity index (χ3n) is 4.76. The Balaban J connectivity index is 1.93. The van der Waals surface area contributed by atoms with E-state index in [0.717, 1.165) is 5.56 Å². The van der Waals surface area contributed by atoms with E-state index in [1.165, 1.54) is 0 Å². The predicted molar refractivity (Wildman–Crippen MR) is 98.4 cm³/mol. The van der Waals surface area contributed by atoms with Crippen LogP contribution in [0.1, 0.15) is 23.1 Å². The molecule has 0 spiro atoms. The summed E-state index contributed by atoms with van der Waals surface area (Å²) in [6, 6.07) is 14.4. The van der Waals surface area contributed by atoms with E-state index in [1.54, 1.807) is 24.3 Å². The van der Waals surface area contributed by atoms with Gasteiger partial charge < -0.3 is 15.8 Å². The van der Waals surface area contributed by atoms with Crippen LogP contribution in [0.25, 0.3) is 0 Å². The fourth-order valence-corrected chi connectivity index (χ4v) is 4.16. The molecule has 0 bridgehead atoms. The highest BCUT2D eigenvalue weighted by Gasteiger charge is 2.49. The number of benzene rings is 2. The summed E-state index contributed by atoms with van der Waals surface area (Å²) in [4.78, 5) is 12.9. The zero-order valence-corrected chi connectivity index (χ0v) is 14.9. The molecule has 0 saturated heterocycles. The average molecular weight is 386 g/mol. The monoisotopic (exact) mass is 385 g/mol. The number of nitrogens with one attached hydrogen (secondary N) is 1. The first-order valence-electron chi connectivity index (χ1n) is 7.92. The Bertz CT molecular complexity index is 997. The molecule has 0 aliphatic carbocycles. The van der Waals surface area contributed by atoms with Crippen molar-refractivity contribution in [3.8, 4) is 6.07 Å². The third-order valence-corrected chi connectivity index (χ3v) is 5.32. The number of anilines is 1. The van der Waals surface area contributed by atoms with Crippen LogP contribution in [0.15, 0.2) is 53.9 Å². The molecule has 0 fully saturated rings. The smallest absolute Gasteiger partial charge is 0.232 e. The van der Waals surface area contributed by atoms with Crippen LogP contribution in [-0.4, -0.2) is 5.91 Å². The molecule has 7 heteroatoms. The molecule has 26 heavy (non-hydrogen) atoms. The molecule has 3 atom stereocenters. The van der Waals surface area contributed by atoms with E-state index >= 15 is 0 Å². The standard InChI is InChI=1S/C19H13Cl2N3O2/c20-9-5-6-10(13(21)7-9)15-12(8-22)18(23)26-17-11-3-1-2-4-14(11)24-19(25)16(15)17/h1-7,15-17H,23H2,(H,24,25). The van der Waals surface area contributed by atoms with E-state index in [2.05, 4.69) is 11.4 Å². The molecular formula is C19H13Cl2N3O2. The highest BCUT2D eigenvalue weighted by molar-refractivity contribution is 6.35. The van der Waals surface area contributed by atoms with Gasteiger partial charge in [0.1, 0.15) is 12.2 Å². The molecule has 0 saturated carbocycles. The van der Waals surface area contributed by atoms with Gasteiger partial charge in [-0.1, -0.05) is 47.5 Å². The summed E-state index contributed by atoms with van der Waals surface area (Å²) in [5, 5.41) is 13.4. The van der Waals surface area contributed by atoms with Gasteiger partial charge in [0, 0.05) is 27.2 Å². The lowest BCUT2D eigenvalue weighted by atomic mass is 9.72. The SMILES string of the molecule is N#CC1=C(N)OC2c3ccccc3NC(=O)C2C1c1ccc(Cl)cc1Cl. The minimum atomic E-state index is -0.675. The lowest BCUT2D eigenvalue weighted by Crippen LogP contribution is -2.42. The Morgan fingerprint density at radius 3 is 2.65 bits per heavy atom. The van der Waals surface area contributed by atoms with Crippen molar-refractivity contribution in [2.24, 2.45) is 11.7 Å². The number of hydrogen-bond donors (Lipinski definition) is 2. The minimum Gasteiger partial charge on any atom is -0.469 e. The highest BCUT2D eigenvalue weighted by atomic mass is 35.5. The van der Waals surface area contributed by atoms with E-state index in [4.69, 9.17) is 33.7 Å². The van der Waals surface area contributed by atoms with Crippen LogP contribution in [0.3, 0.4) is 0 Å². The second-order valence-electron chi connectivity index (χ2n) is 6.17. The van der Waals surface area contributed by atoms with Gasteiger partial charge in [0.2, 0.25) is 5.91 Å². The number of ether oxygens (including phenoxy) is 1. The number of hydrogen-bond acceptors (Lipinski definition) is 4. The molecule has 4 rings (SSSR count). The van der Waals surface area contributed by atoms with Crippen molar-refractivity contribution in [3.63, 3.8) is 0 Å². The van der Waals surface area contributed by atoms with Crippen LogP contribution in [0, 0.1) is 17.2 Å². The molecule has 2 aliphatic rings. The average Bonchev–Trinajstić information content (AvgIpc) is 2.61. The molecule has 2 aliphatic heterocycles. The quantitative estimate of drug-likeness (QED) is 0.772. The summed E-state index contributed by atoms with van der Waals surface area (Å²) in [7, 11) is 0. The Hall–Kier alpha value is -2.68. The van der Waals surface area contributed by atoms with E-state index in [9.17, 15) is 10.1 Å². The number of rotatable bonds is 1. The number of carbonyl (C=O) groups is 1. The van der Waals surface area contributed by atoms with Crippen molar-refractivity contribution in [2.45, 2.75) is 12.0 Å². The Kier molecular flexibility index (Phi) is 4.03. The van der Waals surface area contributed by atoms with Gasteiger partial charge in [-0.05, 0) is 23.8 Å². The maximum Gasteiger partial charge on any atom is 0.232 e. The largest absolute Gasteiger partial charge is 0.469 e. The summed E-state index contributed by atoms with van der Waals surface area (Å²) in [6.07, 6.45) is -0.603. The van der Waals surface area contributed by atoms with Crippen molar-refractivity contribution >= 4 is 34.8 Å². The number of halogens is 2. The zero-order chi connectivity index (χ0) is 18.4. The molecule has 2 aromatic rings. The Labute approximate surface area is 160 Å². The number of nitrogens with zero attached hydrogens (tertiary/aromatic N) is 1. The molecule has 3 unspecified atom stereocenters. The van der Waals surface area contributed by atoms with Crippen molar-refractivity contribution in [2.75, 3.05) is 5.32 Å². The van der Waals surface area contributed by atoms with Crippen LogP contribution in [-0.2, 0) is 9.53 Å². The number of allylic oxidation sites excluding steroid dienone is 1.